The van der Waals surface area contributed by atoms with Gasteiger partial charge in [-0.05, 0) is 25.5 Å². The van der Waals surface area contributed by atoms with Gasteiger partial charge in [-0.1, -0.05) is 60.7 Å². The van der Waals surface area contributed by atoms with E-state index in [1.807, 2.05) is 6.07 Å². The van der Waals surface area contributed by atoms with Crippen LogP contribution in [0.3, 0.4) is 0 Å². The van der Waals surface area contributed by atoms with Crippen molar-refractivity contribution in [1.29, 1.82) is 0 Å². The van der Waals surface area contributed by atoms with E-state index in [1.54, 1.807) is 36.4 Å². The Morgan fingerprint density at radius 1 is 1.00 bits per heavy atom. The van der Waals surface area contributed by atoms with Gasteiger partial charge in [0.2, 0.25) is 6.29 Å². The second kappa shape index (κ2) is 12.8. The van der Waals surface area contributed by atoms with Crippen molar-refractivity contribution < 1.29 is 52.7 Å². The van der Waals surface area contributed by atoms with Crippen molar-refractivity contribution >= 4 is 34.5 Å². The highest BCUT2D eigenvalue weighted by Crippen LogP contribution is 2.45. The van der Waals surface area contributed by atoms with Crippen LogP contribution < -0.4 is 10.1 Å². The molecule has 1 aromatic heterocycles. The van der Waals surface area contributed by atoms with Gasteiger partial charge >= 0.3 is 12.1 Å². The first-order valence-corrected chi connectivity index (χ1v) is 14.7. The summed E-state index contributed by atoms with van der Waals surface area (Å²) >= 11 is 0. The van der Waals surface area contributed by atoms with E-state index in [1.165, 1.54) is 44.3 Å². The molecule has 4 aromatic rings. The van der Waals surface area contributed by atoms with Crippen molar-refractivity contribution in [1.82, 2.24) is 10.3 Å². The number of alkyl carbamates (subject to hydrolysis) is 1. The summed E-state index contributed by atoms with van der Waals surface area (Å²) in [6.07, 6.45) is -8.32. The number of hydrogen-bond acceptors (Lipinski definition) is 11. The highest BCUT2D eigenvalue weighted by atomic mass is 19.1. The molecule has 13 heteroatoms. The van der Waals surface area contributed by atoms with E-state index in [0.717, 1.165) is 5.56 Å². The van der Waals surface area contributed by atoms with Gasteiger partial charge in [0.15, 0.2) is 35.3 Å². The first kappa shape index (κ1) is 31.6. The number of ether oxygens (including phenoxy) is 4. The molecule has 0 bridgehead atoms. The largest absolute Gasteiger partial charge is 0.504 e. The summed E-state index contributed by atoms with van der Waals surface area (Å²) in [6.45, 7) is 2.69. The second-order valence-corrected chi connectivity index (χ2v) is 11.1. The second-order valence-electron chi connectivity index (χ2n) is 11.1. The first-order chi connectivity index (χ1) is 22.6. The van der Waals surface area contributed by atoms with Crippen LogP contribution in [0.5, 0.6) is 11.5 Å². The fraction of sp³-hybridized carbons (Fsp3) is 0.265. The highest BCUT2D eigenvalue weighted by molar-refractivity contribution is 6.33. The van der Waals surface area contributed by atoms with Crippen molar-refractivity contribution in [3.63, 3.8) is 0 Å². The number of aliphatic hydroxyl groups excluding tert-OH is 1. The molecule has 0 radical (unpaired) electrons. The van der Waals surface area contributed by atoms with Gasteiger partial charge in [0.25, 0.3) is 0 Å². The van der Waals surface area contributed by atoms with Gasteiger partial charge in [0.1, 0.15) is 24.3 Å². The fourth-order valence-electron chi connectivity index (χ4n) is 5.58. The molecule has 1 aliphatic carbocycles. The number of nitrogens with one attached hydrogen (secondary N) is 1. The van der Waals surface area contributed by atoms with Crippen molar-refractivity contribution in [2.24, 2.45) is 0 Å². The molecule has 0 unspecified atom stereocenters. The number of phenolic OH excluding ortho intramolecular Hbond substituents is 1. The van der Waals surface area contributed by atoms with Crippen LogP contribution in [0.1, 0.15) is 51.3 Å². The van der Waals surface area contributed by atoms with E-state index in [4.69, 9.17) is 18.9 Å². The number of alkyl halides is 1. The molecular weight excluding hydrogens is 615 g/mol. The lowest BCUT2D eigenvalue weighted by Crippen LogP contribution is -2.58. The summed E-state index contributed by atoms with van der Waals surface area (Å²) in [5.74, 6) is -3.32. The summed E-state index contributed by atoms with van der Waals surface area (Å²) in [6, 6.07) is 16.9. The van der Waals surface area contributed by atoms with Crippen LogP contribution in [0.2, 0.25) is 0 Å². The number of carbonyl (C=O) groups is 4. The molecule has 1 fully saturated rings. The fourth-order valence-corrected chi connectivity index (χ4v) is 5.58. The smallest absolute Gasteiger partial charge is 0.408 e. The molecule has 0 saturated carbocycles. The number of carbonyl (C=O) groups excluding carboxylic acids is 4. The zero-order chi connectivity index (χ0) is 33.4. The van der Waals surface area contributed by atoms with Crippen LogP contribution in [0, 0.1) is 0 Å². The van der Waals surface area contributed by atoms with Crippen LogP contribution in [0.4, 0.5) is 9.18 Å². The number of aliphatic hydroxyl groups is 1. The number of rotatable bonds is 7. The molecule has 1 amide bonds. The molecule has 3 aromatic carbocycles. The molecule has 6 rings (SSSR count). The Hall–Kier alpha value is -5.40. The molecule has 2 aliphatic rings. The van der Waals surface area contributed by atoms with E-state index in [0.29, 0.717) is 0 Å². The number of aromatic hydroxyl groups is 1. The molecular formula is C34H29FN2O10. The van der Waals surface area contributed by atoms with Gasteiger partial charge in [0.05, 0.1) is 11.7 Å². The highest BCUT2D eigenvalue weighted by Gasteiger charge is 2.48. The monoisotopic (exact) mass is 644 g/mol. The maximum Gasteiger partial charge on any atom is 0.408 e. The van der Waals surface area contributed by atoms with Crippen molar-refractivity contribution in [3.8, 4) is 11.5 Å². The van der Waals surface area contributed by atoms with Gasteiger partial charge in [-0.25, -0.2) is 14.0 Å². The predicted molar refractivity (Wildman–Crippen MR) is 162 cm³/mol. The lowest BCUT2D eigenvalue weighted by molar-refractivity contribution is -0.257. The quantitative estimate of drug-likeness (QED) is 0.220. The van der Waals surface area contributed by atoms with E-state index >= 15 is 4.39 Å². The van der Waals surface area contributed by atoms with E-state index < -0.39 is 71.9 Å². The SMILES string of the molecule is C[C@H](NC(=O)OCc1ccccc1)C(=O)O[C@H]1[C@@H](O)[C@@H](F)[C@H](Oc2c(O)c3c(c4cccnc24)C(=O)c2ccccc2C3=O)O[C@H]1C. The Morgan fingerprint density at radius 2 is 1.66 bits per heavy atom. The zero-order valence-electron chi connectivity index (χ0n) is 25.1. The predicted octanol–water partition coefficient (Wildman–Crippen LogP) is 3.77. The Kier molecular flexibility index (Phi) is 8.58. The summed E-state index contributed by atoms with van der Waals surface area (Å²) in [5, 5.41) is 24.6. The Balaban J connectivity index is 1.18. The number of nitrogens with zero attached hydrogens (tertiary/aromatic N) is 1. The third kappa shape index (κ3) is 5.86. The van der Waals surface area contributed by atoms with Crippen LogP contribution in [-0.2, 0) is 25.6 Å². The summed E-state index contributed by atoms with van der Waals surface area (Å²) in [5.41, 5.74) is 0.518. The summed E-state index contributed by atoms with van der Waals surface area (Å²) < 4.78 is 37.5. The minimum atomic E-state index is -2.32. The van der Waals surface area contributed by atoms with Crippen LogP contribution in [-0.4, -0.2) is 75.6 Å². The maximum atomic E-state index is 15.7. The number of pyridine rings is 1. The molecule has 1 saturated heterocycles. The van der Waals surface area contributed by atoms with E-state index in [2.05, 4.69) is 10.3 Å². The van der Waals surface area contributed by atoms with Crippen molar-refractivity contribution in [2.45, 2.75) is 57.3 Å². The van der Waals surface area contributed by atoms with Gasteiger partial charge in [-0.2, -0.15) is 0 Å². The molecule has 12 nitrogen and oxygen atoms in total. The molecule has 0 spiro atoms. The van der Waals surface area contributed by atoms with Gasteiger partial charge in [-0.15, -0.1) is 0 Å². The minimum absolute atomic E-state index is 0.0338. The van der Waals surface area contributed by atoms with E-state index in [-0.39, 0.29) is 39.8 Å². The average Bonchev–Trinajstić information content (AvgIpc) is 3.08. The number of phenols is 1. The molecule has 2 heterocycles. The third-order valence-electron chi connectivity index (χ3n) is 7.99. The van der Waals surface area contributed by atoms with Crippen molar-refractivity contribution in [2.75, 3.05) is 0 Å². The maximum absolute atomic E-state index is 15.7. The number of fused-ring (bicyclic) bond motifs is 4. The lowest BCUT2D eigenvalue weighted by atomic mass is 9.81. The van der Waals surface area contributed by atoms with E-state index in [9.17, 15) is 29.4 Å². The van der Waals surface area contributed by atoms with Crippen LogP contribution in [0.15, 0.2) is 72.9 Å². The number of amides is 1. The number of ketones is 2. The van der Waals surface area contributed by atoms with Gasteiger partial charge < -0.3 is 34.5 Å². The Bertz CT molecular complexity index is 1880. The number of esters is 1. The molecule has 47 heavy (non-hydrogen) atoms. The van der Waals surface area contributed by atoms with Crippen molar-refractivity contribution in [3.05, 3.63) is 101 Å². The summed E-state index contributed by atoms with van der Waals surface area (Å²) in [4.78, 5) is 56.1. The van der Waals surface area contributed by atoms with Gasteiger partial charge in [0, 0.05) is 28.3 Å². The normalized spacial score (nSPS) is 22.5. The first-order valence-electron chi connectivity index (χ1n) is 14.7. The van der Waals surface area contributed by atoms with Crippen LogP contribution >= 0.6 is 0 Å². The lowest BCUT2D eigenvalue weighted by Gasteiger charge is -2.40. The topological polar surface area (TPSA) is 171 Å². The standard InChI is InChI=1S/C34H29FN2O10/c1-16(37-34(43)44-15-18-9-4-3-5-10-18)32(42)46-30-17(2)45-33(24(35)29(30)41)47-31-25-21(13-8-14-36-25)22-23(28(31)40)27(39)20-12-7-6-11-19(20)26(22)38/h3-14,16-17,24,29-30,33,40-41H,15H2,1-2H3,(H,37,43)/t16-,17-,24+,29-,30+,33-/m0/s1. The third-order valence-corrected chi connectivity index (χ3v) is 7.99. The Morgan fingerprint density at radius 3 is 2.36 bits per heavy atom. The Labute approximate surface area is 267 Å². The summed E-state index contributed by atoms with van der Waals surface area (Å²) in [7, 11) is 0. The van der Waals surface area contributed by atoms with Crippen LogP contribution in [0.25, 0.3) is 10.9 Å². The number of hydrogen-bond donors (Lipinski definition) is 3. The molecule has 242 valence electrons. The number of benzene rings is 3. The average molecular weight is 645 g/mol. The number of aromatic nitrogens is 1. The van der Waals surface area contributed by atoms with Gasteiger partial charge in [-0.3, -0.25) is 14.6 Å². The minimum Gasteiger partial charge on any atom is -0.504 e. The zero-order valence-corrected chi connectivity index (χ0v) is 25.1. The molecule has 1 aliphatic heterocycles. The number of halogens is 1. The molecule has 6 atom stereocenters. The molecule has 3 N–H and O–H groups in total.